The smallest absolute Gasteiger partial charge is 0.191 e. The topological polar surface area (TPSA) is 58.8 Å². The average molecular weight is 493 g/mol. The van der Waals surface area contributed by atoms with Crippen molar-refractivity contribution >= 4 is 41.7 Å². The lowest BCUT2D eigenvalue weighted by Crippen LogP contribution is -2.39. The third-order valence-corrected chi connectivity index (χ3v) is 4.04. The van der Waals surface area contributed by atoms with Crippen LogP contribution in [0, 0.1) is 5.82 Å². The molecule has 0 saturated carbocycles. The van der Waals surface area contributed by atoms with E-state index in [1.54, 1.807) is 24.1 Å². The van der Waals surface area contributed by atoms with Gasteiger partial charge in [0.2, 0.25) is 0 Å². The van der Waals surface area contributed by atoms with Crippen LogP contribution < -0.4 is 15.4 Å². The Balaban J connectivity index is 0.00000338. The number of benzene rings is 1. The Morgan fingerprint density at radius 2 is 2.08 bits per heavy atom. The Kier molecular flexibility index (Phi) is 11.2. The number of nitrogens with zero attached hydrogens (tertiary/aromatic N) is 1. The molecular weight excluding hydrogens is 468 g/mol. The van der Waals surface area contributed by atoms with Crippen molar-refractivity contribution in [1.82, 2.24) is 10.6 Å². The minimum absolute atomic E-state index is 0. The summed E-state index contributed by atoms with van der Waals surface area (Å²) in [7, 11) is 1.52. The van der Waals surface area contributed by atoms with Crippen molar-refractivity contribution in [2.24, 2.45) is 4.99 Å². The van der Waals surface area contributed by atoms with Gasteiger partial charge in [-0.15, -0.1) is 24.0 Å². The van der Waals surface area contributed by atoms with Crippen LogP contribution >= 0.6 is 35.7 Å². The van der Waals surface area contributed by atoms with Gasteiger partial charge < -0.3 is 19.8 Å². The van der Waals surface area contributed by atoms with Crippen LogP contribution in [0.4, 0.5) is 4.39 Å². The van der Waals surface area contributed by atoms with Gasteiger partial charge in [-0.05, 0) is 36.1 Å². The molecule has 1 aromatic carbocycles. The molecule has 0 saturated heterocycles. The van der Waals surface area contributed by atoms with Gasteiger partial charge in [0.15, 0.2) is 5.96 Å². The molecule has 0 unspecified atom stereocenters. The van der Waals surface area contributed by atoms with Gasteiger partial charge >= 0.3 is 0 Å². The Bertz CT molecular complexity index is 668. The van der Waals surface area contributed by atoms with Crippen LogP contribution in [-0.2, 0) is 13.0 Å². The molecular formula is C18H25FIN3O2S. The first kappa shape index (κ1) is 22.6. The zero-order chi connectivity index (χ0) is 17.9. The molecule has 0 aliphatic rings. The zero-order valence-corrected chi connectivity index (χ0v) is 18.1. The van der Waals surface area contributed by atoms with Gasteiger partial charge in [-0.3, -0.25) is 0 Å². The van der Waals surface area contributed by atoms with Crippen LogP contribution in [0.2, 0.25) is 0 Å². The SMILES string of the molecule is COc1cc(F)cc(CN=C(NCCSC)NCCc2ccco2)c1.I. The van der Waals surface area contributed by atoms with E-state index in [1.807, 2.05) is 12.1 Å². The molecule has 2 aromatic rings. The summed E-state index contributed by atoms with van der Waals surface area (Å²) in [5.41, 5.74) is 0.758. The minimum atomic E-state index is -0.327. The molecule has 0 aliphatic heterocycles. The van der Waals surface area contributed by atoms with Crippen molar-refractivity contribution in [2.75, 3.05) is 32.2 Å². The van der Waals surface area contributed by atoms with Crippen molar-refractivity contribution in [1.29, 1.82) is 0 Å². The van der Waals surface area contributed by atoms with Crippen LogP contribution in [0.1, 0.15) is 11.3 Å². The molecule has 1 aromatic heterocycles. The lowest BCUT2D eigenvalue weighted by atomic mass is 10.2. The number of halogens is 2. The molecule has 5 nitrogen and oxygen atoms in total. The highest BCUT2D eigenvalue weighted by atomic mass is 127. The van der Waals surface area contributed by atoms with Crippen LogP contribution in [0.25, 0.3) is 0 Å². The highest BCUT2D eigenvalue weighted by molar-refractivity contribution is 14.0. The molecule has 0 spiro atoms. The highest BCUT2D eigenvalue weighted by Crippen LogP contribution is 2.16. The second kappa shape index (κ2) is 12.9. The monoisotopic (exact) mass is 493 g/mol. The lowest BCUT2D eigenvalue weighted by molar-refractivity contribution is 0.410. The van der Waals surface area contributed by atoms with Gasteiger partial charge in [0.25, 0.3) is 0 Å². The predicted molar refractivity (Wildman–Crippen MR) is 116 cm³/mol. The number of hydrogen-bond donors (Lipinski definition) is 2. The first-order valence-electron chi connectivity index (χ1n) is 8.08. The minimum Gasteiger partial charge on any atom is -0.497 e. The number of methoxy groups -OCH3 is 1. The number of thioether (sulfide) groups is 1. The normalized spacial score (nSPS) is 11.0. The molecule has 8 heteroatoms. The number of aliphatic imine (C=N–C) groups is 1. The van der Waals surface area contributed by atoms with Crippen molar-refractivity contribution in [3.63, 3.8) is 0 Å². The van der Waals surface area contributed by atoms with E-state index in [2.05, 4.69) is 21.9 Å². The second-order valence-corrected chi connectivity index (χ2v) is 6.33. The number of rotatable bonds is 9. The number of ether oxygens (including phenoxy) is 1. The number of furan rings is 1. The van der Waals surface area contributed by atoms with E-state index in [4.69, 9.17) is 9.15 Å². The van der Waals surface area contributed by atoms with Crippen LogP contribution in [-0.4, -0.2) is 38.2 Å². The molecule has 1 heterocycles. The maximum atomic E-state index is 13.6. The molecule has 2 N–H and O–H groups in total. The lowest BCUT2D eigenvalue weighted by Gasteiger charge is -2.12. The number of guanidine groups is 1. The summed E-state index contributed by atoms with van der Waals surface area (Å²) in [6.45, 7) is 1.87. The zero-order valence-electron chi connectivity index (χ0n) is 15.0. The van der Waals surface area contributed by atoms with E-state index in [9.17, 15) is 4.39 Å². The van der Waals surface area contributed by atoms with Crippen LogP contribution in [0.3, 0.4) is 0 Å². The largest absolute Gasteiger partial charge is 0.497 e. The molecule has 0 aliphatic carbocycles. The van der Waals surface area contributed by atoms with Gasteiger partial charge in [-0.1, -0.05) is 0 Å². The van der Waals surface area contributed by atoms with E-state index in [-0.39, 0.29) is 29.8 Å². The second-order valence-electron chi connectivity index (χ2n) is 5.34. The Morgan fingerprint density at radius 1 is 1.27 bits per heavy atom. The summed E-state index contributed by atoms with van der Waals surface area (Å²) in [4.78, 5) is 4.53. The van der Waals surface area contributed by atoms with E-state index in [0.717, 1.165) is 30.0 Å². The Hall–Kier alpha value is -1.42. The summed E-state index contributed by atoms with van der Waals surface area (Å²) in [5.74, 6) is 2.77. The maximum absolute atomic E-state index is 13.6. The number of hydrogen-bond acceptors (Lipinski definition) is 4. The molecule has 0 bridgehead atoms. The molecule has 0 fully saturated rings. The van der Waals surface area contributed by atoms with Crippen LogP contribution in [0.5, 0.6) is 5.75 Å². The van der Waals surface area contributed by atoms with Gasteiger partial charge in [-0.2, -0.15) is 11.8 Å². The van der Waals surface area contributed by atoms with E-state index in [1.165, 1.54) is 19.2 Å². The van der Waals surface area contributed by atoms with Crippen molar-refractivity contribution in [3.05, 3.63) is 53.7 Å². The molecule has 0 radical (unpaired) electrons. The summed E-state index contributed by atoms with van der Waals surface area (Å²) in [5, 5.41) is 6.55. The van der Waals surface area contributed by atoms with Gasteiger partial charge in [0, 0.05) is 31.3 Å². The molecule has 144 valence electrons. The van der Waals surface area contributed by atoms with Crippen LogP contribution in [0.15, 0.2) is 46.0 Å². The number of nitrogens with one attached hydrogen (secondary N) is 2. The highest BCUT2D eigenvalue weighted by Gasteiger charge is 2.03. The fourth-order valence-electron chi connectivity index (χ4n) is 2.20. The standard InChI is InChI=1S/C18H24FN3O2S.HI/c1-23-17-11-14(10-15(19)12-17)13-22-18(21-7-9-25-2)20-6-5-16-4-3-8-24-16;/h3-4,8,10-12H,5-7,9,13H2,1-2H3,(H2,20,21,22);1H. The molecule has 0 atom stereocenters. The van der Waals surface area contributed by atoms with Gasteiger partial charge in [0.05, 0.1) is 19.9 Å². The first-order valence-corrected chi connectivity index (χ1v) is 9.47. The third kappa shape index (κ3) is 8.31. The van der Waals surface area contributed by atoms with Gasteiger partial charge in [0.1, 0.15) is 17.3 Å². The van der Waals surface area contributed by atoms with Crippen molar-refractivity contribution in [2.45, 2.75) is 13.0 Å². The Morgan fingerprint density at radius 3 is 2.77 bits per heavy atom. The van der Waals surface area contributed by atoms with E-state index >= 15 is 0 Å². The fourth-order valence-corrected chi connectivity index (χ4v) is 2.51. The Labute approximate surface area is 175 Å². The maximum Gasteiger partial charge on any atom is 0.191 e. The summed E-state index contributed by atoms with van der Waals surface area (Å²) in [6, 6.07) is 8.42. The summed E-state index contributed by atoms with van der Waals surface area (Å²) < 4.78 is 24.0. The predicted octanol–water partition coefficient (Wildman–Crippen LogP) is 3.69. The fraction of sp³-hybridized carbons (Fsp3) is 0.389. The van der Waals surface area contributed by atoms with E-state index in [0.29, 0.717) is 24.8 Å². The summed E-state index contributed by atoms with van der Waals surface area (Å²) >= 11 is 1.76. The molecule has 0 amide bonds. The third-order valence-electron chi connectivity index (χ3n) is 3.43. The van der Waals surface area contributed by atoms with E-state index < -0.39 is 0 Å². The molecule has 26 heavy (non-hydrogen) atoms. The van der Waals surface area contributed by atoms with Crippen molar-refractivity contribution in [3.8, 4) is 5.75 Å². The first-order chi connectivity index (χ1) is 12.2. The summed E-state index contributed by atoms with van der Waals surface area (Å²) in [6.07, 6.45) is 4.49. The average Bonchev–Trinajstić information content (AvgIpc) is 3.12. The quantitative estimate of drug-likeness (QED) is 0.242. The van der Waals surface area contributed by atoms with Gasteiger partial charge in [-0.25, -0.2) is 9.38 Å². The van der Waals surface area contributed by atoms with Crippen molar-refractivity contribution < 1.29 is 13.5 Å². The molecule has 2 rings (SSSR count).